The van der Waals surface area contributed by atoms with E-state index in [1.807, 2.05) is 0 Å². The molecule has 0 saturated carbocycles. The Morgan fingerprint density at radius 1 is 1.03 bits per heavy atom. The molecular formula is C22H17FN8O4. The second kappa shape index (κ2) is 8.78. The molecule has 0 aliphatic heterocycles. The Kier molecular flexibility index (Phi) is 5.49. The van der Waals surface area contributed by atoms with Gasteiger partial charge in [-0.3, -0.25) is 14.2 Å². The van der Waals surface area contributed by atoms with Crippen LogP contribution in [-0.4, -0.2) is 40.9 Å². The smallest absolute Gasteiger partial charge is 0.408 e. The number of carbonyl (C=O) groups is 2. The van der Waals surface area contributed by atoms with Crippen LogP contribution < -0.4 is 16.4 Å². The number of amides is 2. The van der Waals surface area contributed by atoms with Crippen LogP contribution in [0.15, 0.2) is 58.4 Å². The number of nitrogens with zero attached hydrogens (tertiary/aromatic N) is 6. The summed E-state index contributed by atoms with van der Waals surface area (Å²) in [5.41, 5.74) is 1.85. The van der Waals surface area contributed by atoms with E-state index in [0.717, 1.165) is 10.7 Å². The predicted molar refractivity (Wildman–Crippen MR) is 119 cm³/mol. The van der Waals surface area contributed by atoms with Crippen LogP contribution >= 0.6 is 0 Å². The minimum Gasteiger partial charge on any atom is -0.408 e. The summed E-state index contributed by atoms with van der Waals surface area (Å²) < 4.78 is 21.7. The lowest BCUT2D eigenvalue weighted by Gasteiger charge is -2.10. The quantitative estimate of drug-likeness (QED) is 0.368. The first-order valence-corrected chi connectivity index (χ1v) is 10.3. The third-order valence-electron chi connectivity index (χ3n) is 5.27. The normalized spacial score (nSPS) is 11.1. The lowest BCUT2D eigenvalue weighted by Crippen LogP contribution is -2.28. The summed E-state index contributed by atoms with van der Waals surface area (Å²) >= 11 is 0. The molecule has 176 valence electrons. The molecule has 0 atom stereocenters. The monoisotopic (exact) mass is 476 g/mol. The molecule has 0 unspecified atom stereocenters. The number of halogens is 1. The van der Waals surface area contributed by atoms with Crippen molar-refractivity contribution in [2.75, 3.05) is 0 Å². The molecule has 5 aromatic rings. The molecule has 0 aliphatic rings. The van der Waals surface area contributed by atoms with Gasteiger partial charge in [0.25, 0.3) is 11.8 Å². The van der Waals surface area contributed by atoms with Crippen molar-refractivity contribution in [1.29, 1.82) is 0 Å². The second-order valence-electron chi connectivity index (χ2n) is 7.60. The Morgan fingerprint density at radius 3 is 2.57 bits per heavy atom. The minimum atomic E-state index is -0.781. The standard InChI is InChI=1S/C22H17FN8O4/c1-30-16-4-12(2-3-18(16)35-22(30)34)8-26-20(32)15-5-17(31-19(29-15)14(23)10-28-31)21(33)27-9-13-6-24-11-25-7-13/h2-7,10-11H,8-9H2,1H3,(H,26,32)(H,27,33). The fourth-order valence-corrected chi connectivity index (χ4v) is 3.46. The summed E-state index contributed by atoms with van der Waals surface area (Å²) in [7, 11) is 1.58. The summed E-state index contributed by atoms with van der Waals surface area (Å²) in [6, 6.07) is 6.27. The Bertz CT molecular complexity index is 1640. The van der Waals surface area contributed by atoms with Crippen LogP contribution in [0.3, 0.4) is 0 Å². The highest BCUT2D eigenvalue weighted by Gasteiger charge is 2.20. The minimum absolute atomic E-state index is 0.0734. The van der Waals surface area contributed by atoms with E-state index in [9.17, 15) is 18.8 Å². The van der Waals surface area contributed by atoms with Crippen molar-refractivity contribution in [1.82, 2.24) is 39.8 Å². The fraction of sp³-hybridized carbons (Fsp3) is 0.136. The van der Waals surface area contributed by atoms with Crippen LogP contribution in [0.25, 0.3) is 16.7 Å². The molecule has 35 heavy (non-hydrogen) atoms. The predicted octanol–water partition coefficient (Wildman–Crippen LogP) is 0.963. The maximum atomic E-state index is 14.3. The molecule has 5 rings (SSSR count). The molecule has 0 fully saturated rings. The van der Waals surface area contributed by atoms with Gasteiger partial charge in [0.05, 0.1) is 11.7 Å². The molecule has 0 saturated heterocycles. The number of hydrogen-bond donors (Lipinski definition) is 2. The van der Waals surface area contributed by atoms with Crippen LogP contribution in [0.2, 0.25) is 0 Å². The van der Waals surface area contributed by atoms with Gasteiger partial charge in [-0.15, -0.1) is 0 Å². The third-order valence-corrected chi connectivity index (χ3v) is 5.27. The molecule has 13 heteroatoms. The lowest BCUT2D eigenvalue weighted by molar-refractivity contribution is 0.0942. The highest BCUT2D eigenvalue weighted by atomic mass is 19.1. The zero-order valence-corrected chi connectivity index (χ0v) is 18.2. The van der Waals surface area contributed by atoms with Crippen LogP contribution in [0.1, 0.15) is 32.1 Å². The zero-order valence-electron chi connectivity index (χ0n) is 18.2. The van der Waals surface area contributed by atoms with E-state index in [1.54, 1.807) is 37.6 Å². The van der Waals surface area contributed by atoms with Crippen molar-refractivity contribution < 1.29 is 18.4 Å². The van der Waals surface area contributed by atoms with Gasteiger partial charge >= 0.3 is 5.76 Å². The number of rotatable bonds is 6. The number of fused-ring (bicyclic) bond motifs is 2. The van der Waals surface area contributed by atoms with Gasteiger partial charge in [0.2, 0.25) is 0 Å². The Morgan fingerprint density at radius 2 is 1.77 bits per heavy atom. The number of hydrogen-bond acceptors (Lipinski definition) is 8. The number of aromatic nitrogens is 6. The van der Waals surface area contributed by atoms with E-state index in [-0.39, 0.29) is 30.1 Å². The summed E-state index contributed by atoms with van der Waals surface area (Å²) in [6.45, 7) is 0.214. The average Bonchev–Trinajstić information content (AvgIpc) is 3.39. The van der Waals surface area contributed by atoms with Crippen LogP contribution in [0.5, 0.6) is 0 Å². The molecule has 0 spiro atoms. The Hall–Kier alpha value is -4.94. The topological polar surface area (TPSA) is 149 Å². The first-order chi connectivity index (χ1) is 16.9. The van der Waals surface area contributed by atoms with Crippen molar-refractivity contribution >= 4 is 28.6 Å². The van der Waals surface area contributed by atoms with Crippen LogP contribution in [0, 0.1) is 5.82 Å². The van der Waals surface area contributed by atoms with E-state index < -0.39 is 23.4 Å². The molecular weight excluding hydrogens is 459 g/mol. The van der Waals surface area contributed by atoms with Crippen LogP contribution in [0.4, 0.5) is 4.39 Å². The van der Waals surface area contributed by atoms with E-state index in [2.05, 4.69) is 30.7 Å². The van der Waals surface area contributed by atoms with Crippen molar-refractivity contribution in [3.05, 3.63) is 88.1 Å². The van der Waals surface area contributed by atoms with Gasteiger partial charge in [0, 0.05) is 44.2 Å². The molecule has 0 bridgehead atoms. The summed E-state index contributed by atoms with van der Waals surface area (Å²) in [6.07, 6.45) is 5.36. The summed E-state index contributed by atoms with van der Waals surface area (Å²) in [5, 5.41) is 9.21. The number of aryl methyl sites for hydroxylation is 1. The van der Waals surface area contributed by atoms with Crippen LogP contribution in [-0.2, 0) is 20.1 Å². The average molecular weight is 476 g/mol. The molecule has 0 radical (unpaired) electrons. The zero-order chi connectivity index (χ0) is 24.5. The van der Waals surface area contributed by atoms with Crippen molar-refractivity contribution in [3.8, 4) is 0 Å². The van der Waals surface area contributed by atoms with Crippen molar-refractivity contribution in [3.63, 3.8) is 0 Å². The molecule has 2 amide bonds. The van der Waals surface area contributed by atoms with Gasteiger partial charge in [0.15, 0.2) is 17.0 Å². The molecule has 0 aliphatic carbocycles. The molecule has 2 N–H and O–H groups in total. The molecule has 1 aromatic carbocycles. The highest BCUT2D eigenvalue weighted by molar-refractivity contribution is 5.98. The van der Waals surface area contributed by atoms with Gasteiger partial charge in [-0.05, 0) is 17.7 Å². The van der Waals surface area contributed by atoms with Gasteiger partial charge in [-0.25, -0.2) is 28.7 Å². The second-order valence-corrected chi connectivity index (χ2v) is 7.60. The van der Waals surface area contributed by atoms with Gasteiger partial charge in [-0.1, -0.05) is 6.07 Å². The van der Waals surface area contributed by atoms with Gasteiger partial charge < -0.3 is 15.1 Å². The van der Waals surface area contributed by atoms with E-state index in [1.165, 1.54) is 17.0 Å². The molecule has 4 heterocycles. The largest absolute Gasteiger partial charge is 0.419 e. The third kappa shape index (κ3) is 4.21. The number of oxazole rings is 1. The number of nitrogens with one attached hydrogen (secondary N) is 2. The summed E-state index contributed by atoms with van der Waals surface area (Å²) in [5.74, 6) is -2.49. The fourth-order valence-electron chi connectivity index (χ4n) is 3.46. The summed E-state index contributed by atoms with van der Waals surface area (Å²) in [4.78, 5) is 49.1. The van der Waals surface area contributed by atoms with Crippen molar-refractivity contribution in [2.45, 2.75) is 13.1 Å². The SMILES string of the molecule is Cn1c(=O)oc2ccc(CNC(=O)c3cc(C(=O)NCc4cncnc4)n4ncc(F)c4n3)cc21. The van der Waals surface area contributed by atoms with Gasteiger partial charge in [0.1, 0.15) is 17.7 Å². The number of carbonyl (C=O) groups excluding carboxylic acids is 2. The molecule has 12 nitrogen and oxygen atoms in total. The van der Waals surface area contributed by atoms with E-state index in [0.29, 0.717) is 22.2 Å². The Labute approximate surface area is 195 Å². The lowest BCUT2D eigenvalue weighted by atomic mass is 10.2. The Balaban J connectivity index is 1.38. The van der Waals surface area contributed by atoms with Gasteiger partial charge in [-0.2, -0.15) is 5.10 Å². The van der Waals surface area contributed by atoms with Crippen molar-refractivity contribution in [2.24, 2.45) is 7.05 Å². The maximum absolute atomic E-state index is 14.3. The number of benzene rings is 1. The maximum Gasteiger partial charge on any atom is 0.419 e. The molecule has 4 aromatic heterocycles. The van der Waals surface area contributed by atoms with E-state index in [4.69, 9.17) is 4.42 Å². The first kappa shape index (κ1) is 21.9. The van der Waals surface area contributed by atoms with E-state index >= 15 is 0 Å². The highest BCUT2D eigenvalue weighted by Crippen LogP contribution is 2.15. The first-order valence-electron chi connectivity index (χ1n) is 10.3.